The van der Waals surface area contributed by atoms with E-state index in [1.807, 2.05) is 19.9 Å². The molecule has 3 aliphatic rings. The van der Waals surface area contributed by atoms with Crippen LogP contribution >= 0.6 is 0 Å². The number of aliphatic hydroxyl groups is 1. The van der Waals surface area contributed by atoms with Crippen LogP contribution in [0.25, 0.3) is 0 Å². The van der Waals surface area contributed by atoms with Crippen molar-refractivity contribution in [2.24, 2.45) is 0 Å². The number of hydrogen-bond acceptors (Lipinski definition) is 7. The summed E-state index contributed by atoms with van der Waals surface area (Å²) < 4.78 is 17.0. The fourth-order valence-electron chi connectivity index (χ4n) is 4.54. The van der Waals surface area contributed by atoms with Crippen LogP contribution in [0.3, 0.4) is 0 Å². The summed E-state index contributed by atoms with van der Waals surface area (Å²) in [6.07, 6.45) is 0.426. The first-order valence-electron chi connectivity index (χ1n) is 9.54. The van der Waals surface area contributed by atoms with E-state index >= 15 is 0 Å². The maximum atomic E-state index is 13.1. The summed E-state index contributed by atoms with van der Waals surface area (Å²) in [5, 5.41) is 21.1. The highest BCUT2D eigenvalue weighted by atomic mass is 16.6. The van der Waals surface area contributed by atoms with Crippen LogP contribution in [0.1, 0.15) is 60.4 Å². The van der Waals surface area contributed by atoms with E-state index in [9.17, 15) is 19.8 Å². The second-order valence-electron chi connectivity index (χ2n) is 8.04. The number of hydrogen-bond donors (Lipinski definition) is 2. The van der Waals surface area contributed by atoms with Crippen LogP contribution in [0.5, 0.6) is 11.5 Å². The van der Waals surface area contributed by atoms with E-state index in [0.717, 1.165) is 5.57 Å². The van der Waals surface area contributed by atoms with Crippen LogP contribution in [0.4, 0.5) is 0 Å². The second-order valence-corrected chi connectivity index (χ2v) is 8.04. The van der Waals surface area contributed by atoms with Crippen molar-refractivity contribution in [1.82, 2.24) is 0 Å². The van der Waals surface area contributed by atoms with Crippen LogP contribution in [0, 0.1) is 0 Å². The third-order valence-electron chi connectivity index (χ3n) is 6.51. The van der Waals surface area contributed by atoms with Gasteiger partial charge in [-0.15, -0.1) is 0 Å². The van der Waals surface area contributed by atoms with Gasteiger partial charge in [0.05, 0.1) is 24.2 Å². The van der Waals surface area contributed by atoms with Crippen molar-refractivity contribution in [3.05, 3.63) is 45.7 Å². The zero-order chi connectivity index (χ0) is 21.2. The first-order chi connectivity index (χ1) is 13.6. The number of ketones is 2. The van der Waals surface area contributed by atoms with Crippen LogP contribution < -0.4 is 4.74 Å². The van der Waals surface area contributed by atoms with Crippen LogP contribution in [0.15, 0.2) is 29.0 Å². The Morgan fingerprint density at radius 2 is 1.93 bits per heavy atom. The summed E-state index contributed by atoms with van der Waals surface area (Å²) in [6, 6.07) is 1.31. The average Bonchev–Trinajstić information content (AvgIpc) is 2.95. The molecule has 4 rings (SSSR count). The summed E-state index contributed by atoms with van der Waals surface area (Å²) in [7, 11) is 1.33. The molecule has 0 spiro atoms. The van der Waals surface area contributed by atoms with Gasteiger partial charge in [0, 0.05) is 16.7 Å². The zero-order valence-electron chi connectivity index (χ0n) is 17.0. The standard InChI is InChI=1S/C22H24O7/c1-9-6-7-14(29-21(9)26)22(4)11(3)28-20-15-12(8-13(23)16(20)22)18(25)19(27-5)10(2)17(15)24/h6,8,11,14,21,23,26H,7H2,1-5H3/t11-,14+,21-,22-/m1/s1. The lowest BCUT2D eigenvalue weighted by Crippen LogP contribution is -2.48. The molecular formula is C22H24O7. The number of aromatic hydroxyl groups is 1. The van der Waals surface area contributed by atoms with Crippen LogP contribution in [-0.4, -0.2) is 47.4 Å². The number of phenols is 1. The van der Waals surface area contributed by atoms with Gasteiger partial charge >= 0.3 is 0 Å². The SMILES string of the molecule is COC1=C(C)C(=O)c2c(cc(O)c3c2O[C@H](C)[C@]3(C)[C@@H]2CC=C(C)[C@H](O)O2)C1=O. The third-order valence-corrected chi connectivity index (χ3v) is 6.51. The monoisotopic (exact) mass is 400 g/mol. The highest BCUT2D eigenvalue weighted by Gasteiger charge is 2.54. The smallest absolute Gasteiger partial charge is 0.228 e. The predicted molar refractivity (Wildman–Crippen MR) is 103 cm³/mol. The fraction of sp³-hybridized carbons (Fsp3) is 0.455. The van der Waals surface area contributed by atoms with Crippen molar-refractivity contribution >= 4 is 11.6 Å². The predicted octanol–water partition coefficient (Wildman–Crippen LogP) is 2.78. The van der Waals surface area contributed by atoms with Gasteiger partial charge in [0.25, 0.3) is 0 Å². The number of methoxy groups -OCH3 is 1. The third kappa shape index (κ3) is 2.50. The zero-order valence-corrected chi connectivity index (χ0v) is 17.0. The van der Waals surface area contributed by atoms with Crippen molar-refractivity contribution in [3.63, 3.8) is 0 Å². The first-order valence-corrected chi connectivity index (χ1v) is 9.54. The van der Waals surface area contributed by atoms with E-state index in [0.29, 0.717) is 12.0 Å². The molecule has 0 bridgehead atoms. The summed E-state index contributed by atoms with van der Waals surface area (Å²) in [5.41, 5.74) is 0.703. The molecule has 0 aromatic heterocycles. The Kier molecular flexibility index (Phi) is 4.36. The number of carbonyl (C=O) groups is 2. The Morgan fingerprint density at radius 1 is 1.24 bits per heavy atom. The number of ether oxygens (including phenoxy) is 3. The van der Waals surface area contributed by atoms with Gasteiger partial charge in [0.1, 0.15) is 17.6 Å². The van der Waals surface area contributed by atoms with E-state index in [2.05, 4.69) is 0 Å². The van der Waals surface area contributed by atoms with Gasteiger partial charge in [-0.2, -0.15) is 0 Å². The molecule has 7 nitrogen and oxygen atoms in total. The number of Topliss-reactive ketones (excluding diaryl/α,β-unsaturated/α-hetero) is 2. The molecule has 0 fully saturated rings. The highest BCUT2D eigenvalue weighted by molar-refractivity contribution is 6.27. The molecule has 0 unspecified atom stereocenters. The van der Waals surface area contributed by atoms with E-state index in [4.69, 9.17) is 14.2 Å². The summed E-state index contributed by atoms with van der Waals surface area (Å²) in [5.74, 6) is -0.816. The van der Waals surface area contributed by atoms with Gasteiger partial charge in [-0.1, -0.05) is 6.08 Å². The Labute approximate surface area is 168 Å². The Bertz CT molecular complexity index is 1000. The quantitative estimate of drug-likeness (QED) is 0.736. The van der Waals surface area contributed by atoms with Crippen molar-refractivity contribution in [2.75, 3.05) is 7.11 Å². The van der Waals surface area contributed by atoms with Crippen LogP contribution in [0.2, 0.25) is 0 Å². The minimum Gasteiger partial charge on any atom is -0.507 e. The van der Waals surface area contributed by atoms with Gasteiger partial charge in [-0.25, -0.2) is 0 Å². The van der Waals surface area contributed by atoms with E-state index in [-0.39, 0.29) is 39.7 Å². The van der Waals surface area contributed by atoms with Gasteiger partial charge in [0.15, 0.2) is 17.8 Å². The van der Waals surface area contributed by atoms with Crippen molar-refractivity contribution in [2.45, 2.75) is 58.0 Å². The molecule has 29 heavy (non-hydrogen) atoms. The first kappa shape index (κ1) is 19.7. The van der Waals surface area contributed by atoms with Crippen molar-refractivity contribution in [3.8, 4) is 11.5 Å². The number of rotatable bonds is 2. The summed E-state index contributed by atoms with van der Waals surface area (Å²) in [6.45, 7) is 7.02. The fourth-order valence-corrected chi connectivity index (χ4v) is 4.54. The number of aliphatic hydroxyl groups excluding tert-OH is 1. The number of carbonyl (C=O) groups excluding carboxylic acids is 2. The van der Waals surface area contributed by atoms with E-state index < -0.39 is 29.7 Å². The van der Waals surface area contributed by atoms with Gasteiger partial charge in [0.2, 0.25) is 5.78 Å². The molecule has 154 valence electrons. The molecule has 0 amide bonds. The van der Waals surface area contributed by atoms with Crippen molar-refractivity contribution < 1.29 is 34.0 Å². The van der Waals surface area contributed by atoms with E-state index in [1.54, 1.807) is 6.92 Å². The average molecular weight is 400 g/mol. The summed E-state index contributed by atoms with van der Waals surface area (Å²) >= 11 is 0. The Morgan fingerprint density at radius 3 is 2.55 bits per heavy atom. The van der Waals surface area contributed by atoms with Crippen LogP contribution in [-0.2, 0) is 14.9 Å². The summed E-state index contributed by atoms with van der Waals surface area (Å²) in [4.78, 5) is 25.9. The maximum Gasteiger partial charge on any atom is 0.228 e. The van der Waals surface area contributed by atoms with Gasteiger partial charge < -0.3 is 24.4 Å². The van der Waals surface area contributed by atoms with E-state index in [1.165, 1.54) is 20.1 Å². The molecule has 0 radical (unpaired) electrons. The molecule has 0 saturated heterocycles. The molecule has 2 heterocycles. The molecule has 1 aromatic rings. The lowest BCUT2D eigenvalue weighted by Gasteiger charge is -2.39. The molecule has 1 aromatic carbocycles. The van der Waals surface area contributed by atoms with Gasteiger partial charge in [-0.05, 0) is 45.8 Å². The molecule has 4 atom stereocenters. The molecular weight excluding hydrogens is 376 g/mol. The number of phenolic OH excluding ortho intramolecular Hbond substituents is 1. The molecule has 1 aliphatic carbocycles. The largest absolute Gasteiger partial charge is 0.507 e. The molecule has 2 aliphatic heterocycles. The maximum absolute atomic E-state index is 13.1. The van der Waals surface area contributed by atoms with Crippen molar-refractivity contribution in [1.29, 1.82) is 0 Å². The lowest BCUT2D eigenvalue weighted by molar-refractivity contribution is -0.148. The molecule has 7 heteroatoms. The molecule has 0 saturated carbocycles. The topological polar surface area (TPSA) is 102 Å². The number of fused-ring (bicyclic) bond motifs is 3. The second kappa shape index (κ2) is 6.43. The highest BCUT2D eigenvalue weighted by Crippen LogP contribution is 2.55. The number of benzene rings is 1. The minimum atomic E-state index is -1.04. The minimum absolute atomic E-state index is 0.0324. The Hall–Kier alpha value is -2.64. The Balaban J connectivity index is 1.91. The normalized spacial score (nSPS) is 31.2. The number of allylic oxidation sites excluding steroid dienone is 2. The van der Waals surface area contributed by atoms with Gasteiger partial charge in [-0.3, -0.25) is 9.59 Å². The lowest BCUT2D eigenvalue weighted by atomic mass is 9.71. The molecule has 2 N–H and O–H groups in total.